The lowest BCUT2D eigenvalue weighted by Crippen LogP contribution is -1.99. The first-order valence-electron chi connectivity index (χ1n) is 3.73. The third-order valence-corrected chi connectivity index (χ3v) is 3.66. The van der Waals surface area contributed by atoms with Gasteiger partial charge in [0.05, 0.1) is 10.7 Å². The molecule has 0 spiro atoms. The Morgan fingerprint density at radius 1 is 1.42 bits per heavy atom. The molecule has 0 aliphatic carbocycles. The van der Waals surface area contributed by atoms with Gasteiger partial charge in [0.15, 0.2) is 0 Å². The highest BCUT2D eigenvalue weighted by molar-refractivity contribution is 8.15. The maximum Gasteiger partial charge on any atom is 0.0839 e. The monoisotopic (exact) mass is 195 g/mol. The Kier molecular flexibility index (Phi) is 2.42. The number of para-hydroxylation sites is 1. The first kappa shape index (κ1) is 8.20. The van der Waals surface area contributed by atoms with Crippen molar-refractivity contribution in [3.8, 4) is 0 Å². The van der Waals surface area contributed by atoms with E-state index in [2.05, 4.69) is 29.4 Å². The molecule has 1 aromatic carbocycles. The molecule has 0 bridgehead atoms. The van der Waals surface area contributed by atoms with Crippen LogP contribution in [0.1, 0.15) is 0 Å². The Labute approximate surface area is 80.7 Å². The van der Waals surface area contributed by atoms with E-state index < -0.39 is 0 Å². The molecule has 0 saturated heterocycles. The third kappa shape index (κ3) is 1.52. The number of hydrogen-bond donors (Lipinski definition) is 0. The molecule has 2 rings (SSSR count). The molecule has 12 heavy (non-hydrogen) atoms. The highest BCUT2D eigenvalue weighted by atomic mass is 32.2. The van der Waals surface area contributed by atoms with E-state index in [0.29, 0.717) is 0 Å². The Balaban J connectivity index is 2.41. The van der Waals surface area contributed by atoms with Crippen LogP contribution in [-0.2, 0) is 0 Å². The Morgan fingerprint density at radius 2 is 2.25 bits per heavy atom. The van der Waals surface area contributed by atoms with Crippen LogP contribution < -0.4 is 0 Å². The highest BCUT2D eigenvalue weighted by Crippen LogP contribution is 2.34. The van der Waals surface area contributed by atoms with Crippen LogP contribution in [-0.4, -0.2) is 17.1 Å². The maximum atomic E-state index is 4.52. The minimum Gasteiger partial charge on any atom is -0.245 e. The molecule has 0 amide bonds. The van der Waals surface area contributed by atoms with Gasteiger partial charge in [0, 0.05) is 10.6 Å². The fraction of sp³-hybridized carbons (Fsp3) is 0.222. The van der Waals surface area contributed by atoms with Gasteiger partial charge >= 0.3 is 0 Å². The number of benzene rings is 1. The second kappa shape index (κ2) is 3.54. The van der Waals surface area contributed by atoms with E-state index in [1.54, 1.807) is 11.8 Å². The van der Waals surface area contributed by atoms with Gasteiger partial charge in [-0.25, -0.2) is 4.99 Å². The largest absolute Gasteiger partial charge is 0.245 e. The quantitative estimate of drug-likeness (QED) is 0.630. The molecule has 0 atom stereocenters. The van der Waals surface area contributed by atoms with Gasteiger partial charge in [-0.2, -0.15) is 0 Å². The van der Waals surface area contributed by atoms with E-state index in [0.717, 1.165) is 11.4 Å². The van der Waals surface area contributed by atoms with Crippen molar-refractivity contribution in [3.63, 3.8) is 0 Å². The van der Waals surface area contributed by atoms with Crippen molar-refractivity contribution in [1.82, 2.24) is 0 Å². The van der Waals surface area contributed by atoms with Crippen molar-refractivity contribution in [2.75, 3.05) is 12.0 Å². The number of hydrogen-bond acceptors (Lipinski definition) is 3. The average molecular weight is 195 g/mol. The van der Waals surface area contributed by atoms with Crippen molar-refractivity contribution in [2.24, 2.45) is 4.99 Å². The predicted octanol–water partition coefficient (Wildman–Crippen LogP) is 3.19. The first-order chi connectivity index (χ1) is 5.90. The Morgan fingerprint density at radius 3 is 3.08 bits per heavy atom. The highest BCUT2D eigenvalue weighted by Gasteiger charge is 2.09. The van der Waals surface area contributed by atoms with Crippen molar-refractivity contribution in [1.29, 1.82) is 0 Å². The predicted molar refractivity (Wildman–Crippen MR) is 57.8 cm³/mol. The zero-order valence-corrected chi connectivity index (χ0v) is 8.41. The molecule has 3 heteroatoms. The molecule has 1 aliphatic heterocycles. The minimum absolute atomic E-state index is 1.03. The molecule has 1 aliphatic rings. The van der Waals surface area contributed by atoms with E-state index in [4.69, 9.17) is 0 Å². The van der Waals surface area contributed by atoms with Crippen LogP contribution in [0.15, 0.2) is 34.2 Å². The van der Waals surface area contributed by atoms with Gasteiger partial charge in [0.25, 0.3) is 0 Å². The molecule has 0 radical (unpaired) electrons. The minimum atomic E-state index is 1.03. The summed E-state index contributed by atoms with van der Waals surface area (Å²) in [5.74, 6) is 1.03. The molecule has 0 N–H and O–H groups in total. The van der Waals surface area contributed by atoms with Gasteiger partial charge < -0.3 is 0 Å². The van der Waals surface area contributed by atoms with Gasteiger partial charge in [0.1, 0.15) is 0 Å². The lowest BCUT2D eigenvalue weighted by Gasteiger charge is -2.12. The van der Waals surface area contributed by atoms with Gasteiger partial charge in [-0.3, -0.25) is 0 Å². The SMILES string of the molecule is CSC1=Nc2ccccc2SC1. The summed E-state index contributed by atoms with van der Waals surface area (Å²) in [5, 5.41) is 1.22. The molecule has 1 heterocycles. The lowest BCUT2D eigenvalue weighted by molar-refractivity contribution is 1.36. The van der Waals surface area contributed by atoms with E-state index in [1.807, 2.05) is 17.8 Å². The van der Waals surface area contributed by atoms with Gasteiger partial charge in [-0.1, -0.05) is 12.1 Å². The number of nitrogens with zero attached hydrogens (tertiary/aromatic N) is 1. The van der Waals surface area contributed by atoms with Crippen molar-refractivity contribution in [3.05, 3.63) is 24.3 Å². The Bertz CT molecular complexity index is 320. The molecule has 62 valence electrons. The molecule has 0 fully saturated rings. The number of thioether (sulfide) groups is 2. The molecular formula is C9H9NS2. The summed E-state index contributed by atoms with van der Waals surface area (Å²) in [7, 11) is 0. The van der Waals surface area contributed by atoms with E-state index in [-0.39, 0.29) is 0 Å². The van der Waals surface area contributed by atoms with Crippen LogP contribution in [0.2, 0.25) is 0 Å². The van der Waals surface area contributed by atoms with E-state index in [9.17, 15) is 0 Å². The van der Waals surface area contributed by atoms with Gasteiger partial charge in [-0.05, 0) is 18.4 Å². The summed E-state index contributed by atoms with van der Waals surface area (Å²) >= 11 is 3.61. The zero-order valence-electron chi connectivity index (χ0n) is 6.78. The van der Waals surface area contributed by atoms with Crippen molar-refractivity contribution < 1.29 is 0 Å². The molecule has 1 aromatic rings. The summed E-state index contributed by atoms with van der Waals surface area (Å²) in [6.45, 7) is 0. The molecule has 0 aromatic heterocycles. The first-order valence-corrected chi connectivity index (χ1v) is 5.94. The van der Waals surface area contributed by atoms with Crippen LogP contribution in [0.4, 0.5) is 5.69 Å². The van der Waals surface area contributed by atoms with Crippen LogP contribution in [0, 0.1) is 0 Å². The fourth-order valence-electron chi connectivity index (χ4n) is 1.08. The van der Waals surface area contributed by atoms with Crippen LogP contribution in [0.5, 0.6) is 0 Å². The summed E-state index contributed by atoms with van der Waals surface area (Å²) in [5.41, 5.74) is 1.12. The van der Waals surface area contributed by atoms with Crippen molar-refractivity contribution >= 4 is 34.3 Å². The van der Waals surface area contributed by atoms with E-state index >= 15 is 0 Å². The standard InChI is InChI=1S/C9H9NS2/c1-11-9-6-12-8-5-3-2-4-7(8)10-9/h2-5H,6H2,1H3. The fourth-order valence-corrected chi connectivity index (χ4v) is 2.70. The average Bonchev–Trinajstić information content (AvgIpc) is 2.17. The Hall–Kier alpha value is -0.410. The smallest absolute Gasteiger partial charge is 0.0839 e. The topological polar surface area (TPSA) is 12.4 Å². The molecular weight excluding hydrogens is 186 g/mol. The summed E-state index contributed by atoms with van der Waals surface area (Å²) in [6, 6.07) is 8.29. The second-order valence-electron chi connectivity index (χ2n) is 2.47. The molecule has 0 unspecified atom stereocenters. The summed E-state index contributed by atoms with van der Waals surface area (Å²) < 4.78 is 0. The molecule has 1 nitrogen and oxygen atoms in total. The van der Waals surface area contributed by atoms with Crippen molar-refractivity contribution in [2.45, 2.75) is 4.90 Å². The number of fused-ring (bicyclic) bond motifs is 1. The number of rotatable bonds is 0. The summed E-state index contributed by atoms with van der Waals surface area (Å²) in [6.07, 6.45) is 2.08. The maximum absolute atomic E-state index is 4.52. The van der Waals surface area contributed by atoms with E-state index in [1.165, 1.54) is 9.94 Å². The van der Waals surface area contributed by atoms with Gasteiger partial charge in [0.2, 0.25) is 0 Å². The normalized spacial score (nSPS) is 15.2. The third-order valence-electron chi connectivity index (χ3n) is 1.70. The zero-order chi connectivity index (χ0) is 8.39. The van der Waals surface area contributed by atoms with Crippen LogP contribution >= 0.6 is 23.5 Å². The van der Waals surface area contributed by atoms with Gasteiger partial charge in [-0.15, -0.1) is 23.5 Å². The molecule has 0 saturated carbocycles. The lowest BCUT2D eigenvalue weighted by atomic mass is 10.3. The number of aliphatic imine (C=N–C) groups is 1. The second-order valence-corrected chi connectivity index (χ2v) is 4.36. The van der Waals surface area contributed by atoms with Crippen LogP contribution in [0.3, 0.4) is 0 Å². The summed E-state index contributed by atoms with van der Waals surface area (Å²) in [4.78, 5) is 5.82. The van der Waals surface area contributed by atoms with Crippen LogP contribution in [0.25, 0.3) is 0 Å².